The predicted octanol–water partition coefficient (Wildman–Crippen LogP) is 3.72. The Morgan fingerprint density at radius 3 is 2.23 bits per heavy atom. The molecule has 1 saturated carbocycles. The standard InChI is InChI=1S/C16H19F2NO3/c17-11-5-4-6-12(18)15(11)19-13(20)9-16(10-14(21)22)7-2-1-3-8-16/h4-6H,1-3,7-10H2,(H,19,20)(H,21,22). The van der Waals surface area contributed by atoms with Gasteiger partial charge in [-0.2, -0.15) is 0 Å². The molecule has 1 aromatic rings. The third-order valence-corrected chi connectivity index (χ3v) is 4.20. The number of nitrogens with one attached hydrogen (secondary N) is 1. The van der Waals surface area contributed by atoms with Gasteiger partial charge in [-0.1, -0.05) is 25.3 Å². The molecule has 0 bridgehead atoms. The third-order valence-electron chi connectivity index (χ3n) is 4.20. The summed E-state index contributed by atoms with van der Waals surface area (Å²) in [4.78, 5) is 23.2. The summed E-state index contributed by atoms with van der Waals surface area (Å²) < 4.78 is 27.1. The van der Waals surface area contributed by atoms with Crippen LogP contribution in [0, 0.1) is 17.0 Å². The van der Waals surface area contributed by atoms with Crippen molar-refractivity contribution in [3.63, 3.8) is 0 Å². The zero-order valence-corrected chi connectivity index (χ0v) is 12.2. The molecular weight excluding hydrogens is 292 g/mol. The van der Waals surface area contributed by atoms with Gasteiger partial charge in [0.25, 0.3) is 0 Å². The molecule has 6 heteroatoms. The van der Waals surface area contributed by atoms with Crippen LogP contribution in [0.25, 0.3) is 0 Å². The molecule has 1 fully saturated rings. The summed E-state index contributed by atoms with van der Waals surface area (Å²) in [5.74, 6) is -3.19. The van der Waals surface area contributed by atoms with Gasteiger partial charge in [0.15, 0.2) is 0 Å². The van der Waals surface area contributed by atoms with E-state index in [1.54, 1.807) is 0 Å². The van der Waals surface area contributed by atoms with E-state index in [0.29, 0.717) is 12.8 Å². The first-order valence-corrected chi connectivity index (χ1v) is 7.38. The van der Waals surface area contributed by atoms with Crippen molar-refractivity contribution in [2.24, 2.45) is 5.41 Å². The molecule has 0 spiro atoms. The molecule has 2 rings (SSSR count). The molecule has 0 unspecified atom stereocenters. The van der Waals surface area contributed by atoms with E-state index in [9.17, 15) is 18.4 Å². The molecular formula is C16H19F2NO3. The average Bonchev–Trinajstić information content (AvgIpc) is 2.43. The lowest BCUT2D eigenvalue weighted by atomic mass is 9.69. The topological polar surface area (TPSA) is 66.4 Å². The highest BCUT2D eigenvalue weighted by atomic mass is 19.1. The van der Waals surface area contributed by atoms with Crippen LogP contribution in [0.3, 0.4) is 0 Å². The molecule has 22 heavy (non-hydrogen) atoms. The largest absolute Gasteiger partial charge is 0.481 e. The van der Waals surface area contributed by atoms with Crippen LogP contribution in [-0.4, -0.2) is 17.0 Å². The second-order valence-corrected chi connectivity index (χ2v) is 5.95. The Morgan fingerprint density at radius 2 is 1.68 bits per heavy atom. The molecule has 120 valence electrons. The van der Waals surface area contributed by atoms with E-state index >= 15 is 0 Å². The van der Waals surface area contributed by atoms with Crippen molar-refractivity contribution in [3.8, 4) is 0 Å². The van der Waals surface area contributed by atoms with Crippen LogP contribution in [0.2, 0.25) is 0 Å². The Morgan fingerprint density at radius 1 is 1.09 bits per heavy atom. The highest BCUT2D eigenvalue weighted by Gasteiger charge is 2.36. The molecule has 1 aliphatic rings. The summed E-state index contributed by atoms with van der Waals surface area (Å²) >= 11 is 0. The number of carbonyl (C=O) groups excluding carboxylic acids is 1. The third kappa shape index (κ3) is 4.02. The number of amides is 1. The minimum absolute atomic E-state index is 0.0346. The van der Waals surface area contributed by atoms with Crippen LogP contribution >= 0.6 is 0 Å². The molecule has 1 aromatic carbocycles. The first-order valence-electron chi connectivity index (χ1n) is 7.38. The second-order valence-electron chi connectivity index (χ2n) is 5.95. The number of hydrogen-bond acceptors (Lipinski definition) is 2. The smallest absolute Gasteiger partial charge is 0.303 e. The molecule has 1 amide bonds. The SMILES string of the molecule is O=C(O)CC1(CC(=O)Nc2c(F)cccc2F)CCCCC1. The average molecular weight is 311 g/mol. The fourth-order valence-corrected chi connectivity index (χ4v) is 3.18. The van der Waals surface area contributed by atoms with E-state index in [-0.39, 0.29) is 12.8 Å². The van der Waals surface area contributed by atoms with Crippen LogP contribution < -0.4 is 5.32 Å². The molecule has 0 heterocycles. The summed E-state index contributed by atoms with van der Waals surface area (Å²) in [7, 11) is 0. The summed E-state index contributed by atoms with van der Waals surface area (Å²) in [5, 5.41) is 11.3. The van der Waals surface area contributed by atoms with Gasteiger partial charge >= 0.3 is 5.97 Å². The molecule has 2 N–H and O–H groups in total. The number of anilines is 1. The lowest BCUT2D eigenvalue weighted by Crippen LogP contribution is -2.32. The molecule has 0 aromatic heterocycles. The number of benzene rings is 1. The van der Waals surface area contributed by atoms with Gasteiger partial charge in [-0.25, -0.2) is 8.78 Å². The van der Waals surface area contributed by atoms with Gasteiger partial charge in [0.05, 0.1) is 6.42 Å². The molecule has 0 radical (unpaired) electrons. The van der Waals surface area contributed by atoms with Crippen LogP contribution in [0.4, 0.5) is 14.5 Å². The van der Waals surface area contributed by atoms with Gasteiger partial charge in [0.2, 0.25) is 5.91 Å². The minimum Gasteiger partial charge on any atom is -0.481 e. The monoisotopic (exact) mass is 311 g/mol. The predicted molar refractivity (Wildman–Crippen MR) is 77.4 cm³/mol. The Kier molecular flexibility index (Phi) is 5.11. The van der Waals surface area contributed by atoms with Crippen molar-refractivity contribution >= 4 is 17.6 Å². The van der Waals surface area contributed by atoms with Crippen molar-refractivity contribution in [1.29, 1.82) is 0 Å². The Bertz CT molecular complexity index is 548. The van der Waals surface area contributed by atoms with E-state index < -0.39 is 34.6 Å². The number of aliphatic carboxylic acids is 1. The lowest BCUT2D eigenvalue weighted by molar-refractivity contribution is -0.140. The Labute approximate surface area is 127 Å². The highest BCUT2D eigenvalue weighted by Crippen LogP contribution is 2.42. The highest BCUT2D eigenvalue weighted by molar-refractivity contribution is 5.91. The van der Waals surface area contributed by atoms with E-state index in [0.717, 1.165) is 31.4 Å². The van der Waals surface area contributed by atoms with Crippen molar-refractivity contribution in [2.45, 2.75) is 44.9 Å². The Balaban J connectivity index is 2.09. The fraction of sp³-hybridized carbons (Fsp3) is 0.500. The summed E-state index contributed by atoms with van der Waals surface area (Å²) in [6.45, 7) is 0. The maximum Gasteiger partial charge on any atom is 0.303 e. The number of rotatable bonds is 5. The van der Waals surface area contributed by atoms with Gasteiger partial charge in [-0.15, -0.1) is 0 Å². The molecule has 0 saturated heterocycles. The number of halogens is 2. The normalized spacial score (nSPS) is 17.0. The van der Waals surface area contributed by atoms with Crippen LogP contribution in [-0.2, 0) is 9.59 Å². The molecule has 0 aliphatic heterocycles. The first kappa shape index (κ1) is 16.4. The first-order chi connectivity index (χ1) is 10.4. The van der Waals surface area contributed by atoms with E-state index in [1.165, 1.54) is 6.07 Å². The summed E-state index contributed by atoms with van der Waals surface area (Å²) in [5.41, 5.74) is -1.09. The van der Waals surface area contributed by atoms with Crippen LogP contribution in [0.1, 0.15) is 44.9 Å². The minimum atomic E-state index is -0.952. The number of para-hydroxylation sites is 1. The van der Waals surface area contributed by atoms with Crippen LogP contribution in [0.15, 0.2) is 18.2 Å². The van der Waals surface area contributed by atoms with E-state index in [1.807, 2.05) is 0 Å². The summed E-state index contributed by atoms with van der Waals surface area (Å²) in [6, 6.07) is 3.34. The number of carboxylic acids is 1. The Hall–Kier alpha value is -1.98. The molecule has 0 atom stereocenters. The van der Waals surface area contributed by atoms with Crippen molar-refractivity contribution in [2.75, 3.05) is 5.32 Å². The lowest BCUT2D eigenvalue weighted by Gasteiger charge is -2.35. The fourth-order valence-electron chi connectivity index (χ4n) is 3.18. The number of hydrogen-bond donors (Lipinski definition) is 2. The van der Waals surface area contributed by atoms with Crippen molar-refractivity contribution in [3.05, 3.63) is 29.8 Å². The van der Waals surface area contributed by atoms with Crippen molar-refractivity contribution in [1.82, 2.24) is 0 Å². The van der Waals surface area contributed by atoms with Crippen molar-refractivity contribution < 1.29 is 23.5 Å². The number of carboxylic acid groups (broad SMARTS) is 1. The second kappa shape index (κ2) is 6.85. The quantitative estimate of drug-likeness (QED) is 0.871. The van der Waals surface area contributed by atoms with Crippen LogP contribution in [0.5, 0.6) is 0 Å². The maximum absolute atomic E-state index is 13.5. The van der Waals surface area contributed by atoms with Gasteiger partial charge in [-0.05, 0) is 30.4 Å². The van der Waals surface area contributed by atoms with Gasteiger partial charge < -0.3 is 10.4 Å². The summed E-state index contributed by atoms with van der Waals surface area (Å²) in [6.07, 6.45) is 3.92. The van der Waals surface area contributed by atoms with Gasteiger partial charge in [0.1, 0.15) is 17.3 Å². The molecule has 4 nitrogen and oxygen atoms in total. The number of carbonyl (C=O) groups is 2. The zero-order valence-electron chi connectivity index (χ0n) is 12.2. The molecule has 1 aliphatic carbocycles. The van der Waals surface area contributed by atoms with Gasteiger partial charge in [0, 0.05) is 6.42 Å². The van der Waals surface area contributed by atoms with E-state index in [2.05, 4.69) is 5.32 Å². The van der Waals surface area contributed by atoms with Gasteiger partial charge in [-0.3, -0.25) is 9.59 Å². The maximum atomic E-state index is 13.5. The van der Waals surface area contributed by atoms with E-state index in [4.69, 9.17) is 5.11 Å². The zero-order chi connectivity index (χ0) is 16.2.